The van der Waals surface area contributed by atoms with E-state index in [1.165, 1.54) is 43.3 Å². The van der Waals surface area contributed by atoms with E-state index in [2.05, 4.69) is 17.2 Å². The van der Waals surface area contributed by atoms with Crippen molar-refractivity contribution >= 4 is 39.1 Å². The van der Waals surface area contributed by atoms with Gasteiger partial charge in [0.05, 0.1) is 23.1 Å². The van der Waals surface area contributed by atoms with Crippen molar-refractivity contribution in [3.05, 3.63) is 62.0 Å². The third kappa shape index (κ3) is 5.29. The van der Waals surface area contributed by atoms with Crippen LogP contribution in [0.25, 0.3) is 10.2 Å². The number of thiophene rings is 1. The molecule has 5 nitrogen and oxygen atoms in total. The van der Waals surface area contributed by atoms with Crippen LogP contribution in [0.4, 0.5) is 0 Å². The molecule has 3 aromatic rings. The maximum absolute atomic E-state index is 13.0. The standard InChI is InChI=1S/C23H28ClN3O2S/c1-3-4-5-6-7-10-13-25-21(28)20-16(2)19-22(30-20)26-15-27(23(19)29)14-17-11-8-9-12-18(17)24/h8-9,11-12,15H,3-7,10,13-14H2,1-2H3,(H,25,28). The van der Waals surface area contributed by atoms with E-state index < -0.39 is 0 Å². The zero-order valence-electron chi connectivity index (χ0n) is 17.5. The monoisotopic (exact) mass is 445 g/mol. The Morgan fingerprint density at radius 2 is 1.90 bits per heavy atom. The topological polar surface area (TPSA) is 64.0 Å². The number of fused-ring (bicyclic) bond motifs is 1. The number of carbonyl (C=O) groups is 1. The van der Waals surface area contributed by atoms with Gasteiger partial charge in [-0.05, 0) is 30.5 Å². The van der Waals surface area contributed by atoms with Gasteiger partial charge in [-0.1, -0.05) is 68.8 Å². The number of hydrogen-bond acceptors (Lipinski definition) is 4. The molecule has 0 aliphatic carbocycles. The fourth-order valence-electron chi connectivity index (χ4n) is 3.49. The van der Waals surface area contributed by atoms with Crippen molar-refractivity contribution in [1.29, 1.82) is 0 Å². The van der Waals surface area contributed by atoms with Gasteiger partial charge in [0.1, 0.15) is 4.83 Å². The van der Waals surface area contributed by atoms with Crippen LogP contribution in [0.5, 0.6) is 0 Å². The van der Waals surface area contributed by atoms with Crippen LogP contribution in [0.3, 0.4) is 0 Å². The molecule has 1 aromatic carbocycles. The Hall–Kier alpha value is -2.18. The molecule has 0 radical (unpaired) electrons. The van der Waals surface area contributed by atoms with Crippen LogP contribution in [0.1, 0.15) is 66.2 Å². The molecule has 0 spiro atoms. The average Bonchev–Trinajstić information content (AvgIpc) is 3.08. The van der Waals surface area contributed by atoms with Gasteiger partial charge in [0, 0.05) is 11.6 Å². The highest BCUT2D eigenvalue weighted by molar-refractivity contribution is 7.20. The summed E-state index contributed by atoms with van der Waals surface area (Å²) in [4.78, 5) is 31.3. The molecular weight excluding hydrogens is 418 g/mol. The number of aromatic nitrogens is 2. The first kappa shape index (κ1) is 22.5. The van der Waals surface area contributed by atoms with E-state index in [0.29, 0.717) is 38.8 Å². The van der Waals surface area contributed by atoms with Gasteiger partial charge in [0.15, 0.2) is 0 Å². The number of nitrogens with zero attached hydrogens (tertiary/aromatic N) is 2. The van der Waals surface area contributed by atoms with Gasteiger partial charge in [0.25, 0.3) is 11.5 Å². The quantitative estimate of drug-likeness (QED) is 0.415. The molecular formula is C23H28ClN3O2S. The van der Waals surface area contributed by atoms with E-state index in [4.69, 9.17) is 11.6 Å². The highest BCUT2D eigenvalue weighted by Gasteiger charge is 2.19. The minimum absolute atomic E-state index is 0.124. The summed E-state index contributed by atoms with van der Waals surface area (Å²) >= 11 is 7.51. The second-order valence-electron chi connectivity index (χ2n) is 7.53. The number of nitrogens with one attached hydrogen (secondary N) is 1. The summed E-state index contributed by atoms with van der Waals surface area (Å²) in [6, 6.07) is 7.44. The lowest BCUT2D eigenvalue weighted by atomic mass is 10.1. The zero-order chi connectivity index (χ0) is 21.5. The van der Waals surface area contributed by atoms with Gasteiger partial charge in [-0.15, -0.1) is 11.3 Å². The molecule has 0 aliphatic heterocycles. The first-order valence-electron chi connectivity index (χ1n) is 10.5. The molecule has 0 atom stereocenters. The van der Waals surface area contributed by atoms with Gasteiger partial charge >= 0.3 is 0 Å². The molecule has 30 heavy (non-hydrogen) atoms. The second-order valence-corrected chi connectivity index (χ2v) is 8.94. The van der Waals surface area contributed by atoms with E-state index >= 15 is 0 Å². The summed E-state index contributed by atoms with van der Waals surface area (Å²) in [7, 11) is 0. The third-order valence-electron chi connectivity index (χ3n) is 5.24. The number of benzene rings is 1. The Kier molecular flexibility index (Phi) is 8.05. The van der Waals surface area contributed by atoms with Crippen molar-refractivity contribution in [2.45, 2.75) is 58.9 Å². The third-order valence-corrected chi connectivity index (χ3v) is 6.81. The number of aryl methyl sites for hydroxylation is 1. The molecule has 160 valence electrons. The Labute approximate surface area is 186 Å². The lowest BCUT2D eigenvalue weighted by Crippen LogP contribution is -2.24. The molecule has 1 amide bonds. The van der Waals surface area contributed by atoms with Crippen LogP contribution in [0.15, 0.2) is 35.4 Å². The Morgan fingerprint density at radius 3 is 2.67 bits per heavy atom. The normalized spacial score (nSPS) is 11.2. The molecule has 7 heteroatoms. The number of rotatable bonds is 10. The average molecular weight is 446 g/mol. The minimum Gasteiger partial charge on any atom is -0.351 e. The van der Waals surface area contributed by atoms with E-state index in [-0.39, 0.29) is 11.5 Å². The number of amides is 1. The van der Waals surface area contributed by atoms with E-state index in [9.17, 15) is 9.59 Å². The van der Waals surface area contributed by atoms with E-state index in [1.54, 1.807) is 10.6 Å². The molecule has 0 saturated carbocycles. The van der Waals surface area contributed by atoms with Crippen LogP contribution < -0.4 is 10.9 Å². The SMILES string of the molecule is CCCCCCCCNC(=O)c1sc2ncn(Cc3ccccc3Cl)c(=O)c2c1C. The summed E-state index contributed by atoms with van der Waals surface area (Å²) in [6.07, 6.45) is 8.60. The van der Waals surface area contributed by atoms with Crippen LogP contribution >= 0.6 is 22.9 Å². The Balaban J connectivity index is 1.71. The molecule has 0 unspecified atom stereocenters. The van der Waals surface area contributed by atoms with Crippen LogP contribution in [0.2, 0.25) is 5.02 Å². The number of halogens is 1. The molecule has 2 aromatic heterocycles. The predicted molar refractivity (Wildman–Crippen MR) is 125 cm³/mol. The first-order valence-corrected chi connectivity index (χ1v) is 11.7. The Bertz CT molecular complexity index is 1070. The number of carbonyl (C=O) groups excluding carboxylic acids is 1. The highest BCUT2D eigenvalue weighted by Crippen LogP contribution is 2.27. The van der Waals surface area contributed by atoms with Crippen LogP contribution in [0, 0.1) is 6.92 Å². The van der Waals surface area contributed by atoms with Crippen molar-refractivity contribution < 1.29 is 4.79 Å². The summed E-state index contributed by atoms with van der Waals surface area (Å²) in [6.45, 7) is 5.02. The number of hydrogen-bond donors (Lipinski definition) is 1. The van der Waals surface area contributed by atoms with Gasteiger partial charge in [-0.25, -0.2) is 4.98 Å². The molecule has 0 saturated heterocycles. The summed E-state index contributed by atoms with van der Waals surface area (Å²) in [5.74, 6) is -0.124. The zero-order valence-corrected chi connectivity index (χ0v) is 19.1. The van der Waals surface area contributed by atoms with Gasteiger partial charge in [-0.3, -0.25) is 14.2 Å². The van der Waals surface area contributed by atoms with Crippen LogP contribution in [-0.2, 0) is 6.54 Å². The van der Waals surface area contributed by atoms with Gasteiger partial charge in [-0.2, -0.15) is 0 Å². The summed E-state index contributed by atoms with van der Waals surface area (Å²) in [5, 5.41) is 4.12. The molecule has 0 fully saturated rings. The van der Waals surface area contributed by atoms with Crippen molar-refractivity contribution in [2.75, 3.05) is 6.54 Å². The second kappa shape index (κ2) is 10.7. The Morgan fingerprint density at radius 1 is 1.17 bits per heavy atom. The van der Waals surface area contributed by atoms with Crippen LogP contribution in [-0.4, -0.2) is 22.0 Å². The van der Waals surface area contributed by atoms with Crippen molar-refractivity contribution in [1.82, 2.24) is 14.9 Å². The van der Waals surface area contributed by atoms with Crippen molar-refractivity contribution in [3.63, 3.8) is 0 Å². The smallest absolute Gasteiger partial charge is 0.262 e. The molecule has 3 rings (SSSR count). The molecule has 1 N–H and O–H groups in total. The van der Waals surface area contributed by atoms with Gasteiger partial charge < -0.3 is 5.32 Å². The first-order chi connectivity index (χ1) is 14.5. The summed E-state index contributed by atoms with van der Waals surface area (Å²) < 4.78 is 1.54. The fraction of sp³-hybridized carbons (Fsp3) is 0.435. The lowest BCUT2D eigenvalue weighted by Gasteiger charge is -2.07. The largest absolute Gasteiger partial charge is 0.351 e. The minimum atomic E-state index is -0.149. The van der Waals surface area contributed by atoms with Crippen molar-refractivity contribution in [3.8, 4) is 0 Å². The molecule has 0 aliphatic rings. The van der Waals surface area contributed by atoms with Crippen molar-refractivity contribution in [2.24, 2.45) is 0 Å². The predicted octanol–water partition coefficient (Wildman–Crippen LogP) is 5.56. The van der Waals surface area contributed by atoms with E-state index in [0.717, 1.165) is 18.4 Å². The lowest BCUT2D eigenvalue weighted by molar-refractivity contribution is 0.0956. The maximum atomic E-state index is 13.0. The molecule has 0 bridgehead atoms. The maximum Gasteiger partial charge on any atom is 0.262 e. The number of unbranched alkanes of at least 4 members (excludes halogenated alkanes) is 5. The van der Waals surface area contributed by atoms with E-state index in [1.807, 2.05) is 25.1 Å². The fourth-order valence-corrected chi connectivity index (χ4v) is 4.74. The summed E-state index contributed by atoms with van der Waals surface area (Å²) in [5.41, 5.74) is 1.40. The molecule has 2 heterocycles. The van der Waals surface area contributed by atoms with Gasteiger partial charge in [0.2, 0.25) is 0 Å². The highest BCUT2D eigenvalue weighted by atomic mass is 35.5.